The van der Waals surface area contributed by atoms with E-state index in [9.17, 15) is 0 Å². The Morgan fingerprint density at radius 3 is 2.17 bits per heavy atom. The zero-order chi connectivity index (χ0) is 43.5. The van der Waals surface area contributed by atoms with Gasteiger partial charge in [0.15, 0.2) is 11.2 Å². The highest BCUT2D eigenvalue weighted by Crippen LogP contribution is 2.36. The Hall–Kier alpha value is -7.94. The lowest BCUT2D eigenvalue weighted by atomic mass is 9.90. The fourth-order valence-corrected chi connectivity index (χ4v) is 8.26. The Bertz CT molecular complexity index is 3550. The van der Waals surface area contributed by atoms with E-state index in [0.717, 1.165) is 106 Å². The molecule has 4 aromatic carbocycles. The highest BCUT2D eigenvalue weighted by Gasteiger charge is 2.15. The van der Waals surface area contributed by atoms with Gasteiger partial charge in [-0.1, -0.05) is 106 Å². The number of allylic oxidation sites excluding steroid dienone is 10. The van der Waals surface area contributed by atoms with E-state index in [4.69, 9.17) is 19.7 Å². The van der Waals surface area contributed by atoms with Crippen molar-refractivity contribution < 1.29 is 13.3 Å². The minimum absolute atomic E-state index is 0.222. The molecule has 63 heavy (non-hydrogen) atoms. The zero-order valence-corrected chi connectivity index (χ0v) is 35.7. The molecule has 9 aromatic rings. The quantitative estimate of drug-likeness (QED) is 0.0907. The predicted octanol–water partition coefficient (Wildman–Crippen LogP) is 13.9. The number of rotatable bonds is 12. The van der Waals surface area contributed by atoms with Crippen LogP contribution < -0.4 is 10.6 Å². The van der Waals surface area contributed by atoms with Gasteiger partial charge in [-0.3, -0.25) is 9.97 Å². The summed E-state index contributed by atoms with van der Waals surface area (Å²) < 4.78 is 18.6. The Morgan fingerprint density at radius 2 is 1.43 bits per heavy atom. The highest BCUT2D eigenvalue weighted by molar-refractivity contribution is 6.07. The van der Waals surface area contributed by atoms with E-state index in [-0.39, 0.29) is 5.92 Å². The molecule has 0 radical (unpaired) electrons. The van der Waals surface area contributed by atoms with Gasteiger partial charge in [0.05, 0.1) is 0 Å². The normalized spacial score (nSPS) is 13.5. The van der Waals surface area contributed by atoms with Crippen molar-refractivity contribution in [3.8, 4) is 23.5 Å². The predicted molar refractivity (Wildman–Crippen MR) is 263 cm³/mol. The van der Waals surface area contributed by atoms with E-state index in [1.807, 2.05) is 55.5 Å². The van der Waals surface area contributed by atoms with Crippen molar-refractivity contribution in [1.82, 2.24) is 9.97 Å². The maximum atomic E-state index is 6.43. The lowest BCUT2D eigenvalue weighted by Gasteiger charge is -2.14. The lowest BCUT2D eigenvalue weighted by molar-refractivity contribution is 0.575. The molecule has 0 aliphatic carbocycles. The van der Waals surface area contributed by atoms with Crippen molar-refractivity contribution in [2.45, 2.75) is 33.6 Å². The second kappa shape index (κ2) is 17.6. The van der Waals surface area contributed by atoms with Gasteiger partial charge < -0.3 is 13.3 Å². The molecule has 0 saturated heterocycles. The third-order valence-corrected chi connectivity index (χ3v) is 11.4. The second-order valence-electron chi connectivity index (χ2n) is 15.9. The molecule has 0 aliphatic rings. The van der Waals surface area contributed by atoms with Crippen LogP contribution in [-0.2, 0) is 6.42 Å². The maximum absolute atomic E-state index is 6.43. The monoisotopic (exact) mass is 818 g/mol. The van der Waals surface area contributed by atoms with Crippen molar-refractivity contribution >= 4 is 78.4 Å². The summed E-state index contributed by atoms with van der Waals surface area (Å²) >= 11 is 0. The molecule has 0 atom stereocenters. The van der Waals surface area contributed by atoms with E-state index in [0.29, 0.717) is 11.8 Å². The number of terminal acetylenes is 1. The molecule has 9 rings (SSSR count). The molecule has 0 spiro atoms. The average Bonchev–Trinajstić information content (AvgIpc) is 3.98. The standard InChI is InChI=1S/C58H46N2O3/c1-7-10-11-17-41(22-21-39-16-12-18-42(32-39)44-24-27-54-50(35-44)58-56(63-54)20-14-30-60-58)43-23-26-52-47(34-43)48-36-45(25-28-53(48)61-52)46(37(4)5)33-40(9-3)38(6)31-49-51(15-8-2)62-55-19-13-29-59-57(49)55/h1,8-9,11-20,22-37H,2,6,10,21H2,3-5H3/b17-11-,40-9+,41-22+,46-33+,49-31+,51-15+. The SMILES string of the molecule is C#CC/C=C\C(=C/Cc1cccc(-c2ccc3oc4cccnc4c3c2)c1)c1ccc2oc3ccc(/C(=C/C(=C\C)C(=C)/C=c4\c(=C/C=C)oc5cccnc45)C(C)C)cc3c2c1. The van der Waals surface area contributed by atoms with Gasteiger partial charge in [0.25, 0.3) is 0 Å². The summed E-state index contributed by atoms with van der Waals surface area (Å²) in [5.74, 6) is 2.97. The Kier molecular flexibility index (Phi) is 11.3. The molecule has 0 amide bonds. The van der Waals surface area contributed by atoms with Crippen LogP contribution in [0.15, 0.2) is 190 Å². The van der Waals surface area contributed by atoms with Crippen LogP contribution in [0.2, 0.25) is 0 Å². The third kappa shape index (κ3) is 8.15. The van der Waals surface area contributed by atoms with Crippen molar-refractivity contribution in [3.05, 3.63) is 204 Å². The molecule has 0 unspecified atom stereocenters. The summed E-state index contributed by atoms with van der Waals surface area (Å²) in [5, 5.41) is 4.00. The van der Waals surface area contributed by atoms with Gasteiger partial charge in [0.1, 0.15) is 33.2 Å². The lowest BCUT2D eigenvalue weighted by Crippen LogP contribution is -2.20. The topological polar surface area (TPSA) is 65.2 Å². The first-order chi connectivity index (χ1) is 30.8. The van der Waals surface area contributed by atoms with Crippen LogP contribution in [0.4, 0.5) is 0 Å². The van der Waals surface area contributed by atoms with Crippen LogP contribution in [0.3, 0.4) is 0 Å². The number of nitrogens with zero attached hydrogens (tertiary/aromatic N) is 2. The Balaban J connectivity index is 1.05. The molecular formula is C58H46N2O3. The van der Waals surface area contributed by atoms with Gasteiger partial charge in [-0.15, -0.1) is 12.3 Å². The van der Waals surface area contributed by atoms with Gasteiger partial charge in [0.2, 0.25) is 0 Å². The van der Waals surface area contributed by atoms with Gasteiger partial charge in [-0.2, -0.15) is 0 Å². The highest BCUT2D eigenvalue weighted by atomic mass is 16.3. The van der Waals surface area contributed by atoms with Crippen molar-refractivity contribution in [2.75, 3.05) is 0 Å². The van der Waals surface area contributed by atoms with Gasteiger partial charge in [0, 0.05) is 40.2 Å². The number of hydrogen-bond acceptors (Lipinski definition) is 5. The second-order valence-corrected chi connectivity index (χ2v) is 15.9. The molecule has 0 aliphatic heterocycles. The van der Waals surface area contributed by atoms with E-state index in [2.05, 4.69) is 140 Å². The van der Waals surface area contributed by atoms with Crippen LogP contribution >= 0.6 is 0 Å². The largest absolute Gasteiger partial charge is 0.456 e. The number of furan rings is 3. The average molecular weight is 819 g/mol. The summed E-state index contributed by atoms with van der Waals surface area (Å²) in [6.07, 6.45) is 27.0. The molecule has 5 nitrogen and oxygen atoms in total. The fraction of sp³-hybridized carbons (Fsp3) is 0.103. The molecule has 0 fully saturated rings. The number of hydrogen-bond donors (Lipinski definition) is 0. The van der Waals surface area contributed by atoms with Gasteiger partial charge in [-0.25, -0.2) is 0 Å². The minimum Gasteiger partial charge on any atom is -0.456 e. The molecular weight excluding hydrogens is 773 g/mol. The Morgan fingerprint density at radius 1 is 0.746 bits per heavy atom. The summed E-state index contributed by atoms with van der Waals surface area (Å²) in [5.41, 5.74) is 16.2. The molecule has 0 bridgehead atoms. The maximum Gasteiger partial charge on any atom is 0.153 e. The van der Waals surface area contributed by atoms with Crippen molar-refractivity contribution in [2.24, 2.45) is 5.92 Å². The van der Waals surface area contributed by atoms with Crippen molar-refractivity contribution in [1.29, 1.82) is 0 Å². The molecule has 5 aromatic heterocycles. The van der Waals surface area contributed by atoms with Crippen LogP contribution in [0.1, 0.15) is 43.9 Å². The summed E-state index contributed by atoms with van der Waals surface area (Å²) in [7, 11) is 0. The first kappa shape index (κ1) is 40.5. The first-order valence-electron chi connectivity index (χ1n) is 21.2. The molecule has 306 valence electrons. The number of benzene rings is 4. The Labute approximate surface area is 366 Å². The number of pyridine rings is 2. The van der Waals surface area contributed by atoms with Crippen molar-refractivity contribution in [3.63, 3.8) is 0 Å². The molecule has 0 saturated carbocycles. The third-order valence-electron chi connectivity index (χ3n) is 11.4. The van der Waals surface area contributed by atoms with Crippen LogP contribution in [0, 0.1) is 18.3 Å². The fourth-order valence-electron chi connectivity index (χ4n) is 8.26. The van der Waals surface area contributed by atoms with E-state index in [1.165, 1.54) is 11.1 Å². The van der Waals surface area contributed by atoms with Gasteiger partial charge >= 0.3 is 0 Å². The van der Waals surface area contributed by atoms with E-state index >= 15 is 0 Å². The van der Waals surface area contributed by atoms with Crippen LogP contribution in [0.25, 0.3) is 89.5 Å². The van der Waals surface area contributed by atoms with Crippen LogP contribution in [0.5, 0.6) is 0 Å². The number of fused-ring (bicyclic) bond motifs is 7. The van der Waals surface area contributed by atoms with Gasteiger partial charge in [-0.05, 0) is 142 Å². The summed E-state index contributed by atoms with van der Waals surface area (Å²) in [6, 6.07) is 35.6. The number of aromatic nitrogens is 2. The summed E-state index contributed by atoms with van der Waals surface area (Å²) in [4.78, 5) is 9.19. The molecule has 5 heteroatoms. The van der Waals surface area contributed by atoms with Crippen LogP contribution in [-0.4, -0.2) is 9.97 Å². The smallest absolute Gasteiger partial charge is 0.153 e. The van der Waals surface area contributed by atoms with E-state index < -0.39 is 0 Å². The van der Waals surface area contributed by atoms with E-state index in [1.54, 1.807) is 18.5 Å². The molecule has 5 heterocycles. The zero-order valence-electron chi connectivity index (χ0n) is 35.7. The molecule has 0 N–H and O–H groups in total. The first-order valence-corrected chi connectivity index (χ1v) is 21.2. The summed E-state index contributed by atoms with van der Waals surface area (Å²) in [6.45, 7) is 14.9. The minimum atomic E-state index is 0.222.